The van der Waals surface area contributed by atoms with E-state index in [9.17, 15) is 14.4 Å². The molecule has 0 atom stereocenters. The predicted octanol–water partition coefficient (Wildman–Crippen LogP) is 2.24. The molecule has 8 heteroatoms. The van der Waals surface area contributed by atoms with Gasteiger partial charge in [0.15, 0.2) is 0 Å². The van der Waals surface area contributed by atoms with Crippen molar-refractivity contribution in [1.29, 1.82) is 0 Å². The summed E-state index contributed by atoms with van der Waals surface area (Å²) in [5, 5.41) is 2.77. The molecular formula is C23H26N4O4. The van der Waals surface area contributed by atoms with Gasteiger partial charge in [0, 0.05) is 38.8 Å². The number of rotatable bonds is 7. The third-order valence-electron chi connectivity index (χ3n) is 5.51. The molecule has 1 saturated heterocycles. The molecule has 0 bridgehead atoms. The highest BCUT2D eigenvalue weighted by atomic mass is 16.5. The van der Waals surface area contributed by atoms with E-state index in [4.69, 9.17) is 4.74 Å². The van der Waals surface area contributed by atoms with E-state index in [0.29, 0.717) is 23.4 Å². The Balaban J connectivity index is 1.23. The highest BCUT2D eigenvalue weighted by molar-refractivity contribution is 6.21. The van der Waals surface area contributed by atoms with Crippen LogP contribution in [0.15, 0.2) is 36.5 Å². The van der Waals surface area contributed by atoms with Crippen LogP contribution in [-0.2, 0) is 16.1 Å². The number of aromatic nitrogens is 1. The number of amides is 3. The van der Waals surface area contributed by atoms with Gasteiger partial charge in [-0.3, -0.25) is 24.2 Å². The zero-order chi connectivity index (χ0) is 21.8. The molecule has 2 aliphatic rings. The van der Waals surface area contributed by atoms with Gasteiger partial charge in [-0.2, -0.15) is 0 Å². The van der Waals surface area contributed by atoms with Crippen LogP contribution in [0.1, 0.15) is 44.7 Å². The van der Waals surface area contributed by atoms with Crippen LogP contribution in [0.2, 0.25) is 0 Å². The third-order valence-corrected chi connectivity index (χ3v) is 5.51. The van der Waals surface area contributed by atoms with Crippen molar-refractivity contribution in [2.45, 2.75) is 26.3 Å². The number of ether oxygens (including phenoxy) is 1. The highest BCUT2D eigenvalue weighted by Gasteiger charge is 2.34. The lowest BCUT2D eigenvalue weighted by molar-refractivity contribution is -0.116. The molecule has 0 spiro atoms. The Morgan fingerprint density at radius 1 is 1.10 bits per heavy atom. The van der Waals surface area contributed by atoms with Gasteiger partial charge in [-0.15, -0.1) is 0 Å². The summed E-state index contributed by atoms with van der Waals surface area (Å²) in [5.41, 5.74) is 2.89. The van der Waals surface area contributed by atoms with Gasteiger partial charge in [0.05, 0.1) is 24.3 Å². The van der Waals surface area contributed by atoms with Crippen molar-refractivity contribution in [1.82, 2.24) is 14.8 Å². The molecule has 0 saturated carbocycles. The van der Waals surface area contributed by atoms with Crippen molar-refractivity contribution in [2.75, 3.05) is 38.2 Å². The Morgan fingerprint density at radius 3 is 2.61 bits per heavy atom. The van der Waals surface area contributed by atoms with E-state index in [1.165, 1.54) is 4.90 Å². The highest BCUT2D eigenvalue weighted by Crippen LogP contribution is 2.24. The van der Waals surface area contributed by atoms with E-state index >= 15 is 0 Å². The zero-order valence-corrected chi connectivity index (χ0v) is 17.6. The number of anilines is 1. The fourth-order valence-electron chi connectivity index (χ4n) is 3.82. The number of morpholine rings is 1. The summed E-state index contributed by atoms with van der Waals surface area (Å²) < 4.78 is 5.35. The van der Waals surface area contributed by atoms with E-state index in [1.807, 2.05) is 19.1 Å². The van der Waals surface area contributed by atoms with Crippen molar-refractivity contribution >= 4 is 23.5 Å². The maximum Gasteiger partial charge on any atom is 0.261 e. The first kappa shape index (κ1) is 21.1. The van der Waals surface area contributed by atoms with E-state index < -0.39 is 0 Å². The van der Waals surface area contributed by atoms with Crippen LogP contribution in [0.3, 0.4) is 0 Å². The second-order valence-corrected chi connectivity index (χ2v) is 7.90. The molecule has 3 heterocycles. The molecule has 0 radical (unpaired) electrons. The third kappa shape index (κ3) is 4.98. The number of carbonyl (C=O) groups is 3. The molecule has 31 heavy (non-hydrogen) atoms. The Labute approximate surface area is 181 Å². The number of fused-ring (bicyclic) bond motifs is 1. The van der Waals surface area contributed by atoms with Crippen LogP contribution < -0.4 is 5.32 Å². The molecule has 162 valence electrons. The molecular weight excluding hydrogens is 396 g/mol. The maximum atomic E-state index is 12.5. The van der Waals surface area contributed by atoms with Gasteiger partial charge >= 0.3 is 0 Å². The van der Waals surface area contributed by atoms with Gasteiger partial charge in [0.25, 0.3) is 11.8 Å². The monoisotopic (exact) mass is 422 g/mol. The quantitative estimate of drug-likeness (QED) is 0.688. The number of hydrogen-bond acceptors (Lipinski definition) is 6. The summed E-state index contributed by atoms with van der Waals surface area (Å²) >= 11 is 0. The smallest absolute Gasteiger partial charge is 0.261 e. The molecule has 1 aromatic carbocycles. The standard InChI is InChI=1S/C23H26N4O4/c1-16-4-6-18-19(13-16)23(30)27(22(18)29)8-2-3-21(28)25-20-7-5-17(14-24-20)15-26-9-11-31-12-10-26/h4-7,13-14H,2-3,8-12,15H2,1H3,(H,24,25,28). The maximum absolute atomic E-state index is 12.5. The Kier molecular flexibility index (Phi) is 6.39. The first-order valence-electron chi connectivity index (χ1n) is 10.5. The van der Waals surface area contributed by atoms with Gasteiger partial charge < -0.3 is 10.1 Å². The number of nitrogens with zero attached hydrogens (tertiary/aromatic N) is 3. The van der Waals surface area contributed by atoms with Crippen molar-refractivity contribution in [2.24, 2.45) is 0 Å². The molecule has 0 aliphatic carbocycles. The van der Waals surface area contributed by atoms with E-state index in [1.54, 1.807) is 24.4 Å². The summed E-state index contributed by atoms with van der Waals surface area (Å²) in [4.78, 5) is 45.0. The SMILES string of the molecule is Cc1ccc2c(c1)C(=O)N(CCCC(=O)Nc1ccc(CN3CCOCC3)cn1)C2=O. The van der Waals surface area contributed by atoms with Crippen LogP contribution >= 0.6 is 0 Å². The van der Waals surface area contributed by atoms with Crippen LogP contribution in [0.4, 0.5) is 5.82 Å². The summed E-state index contributed by atoms with van der Waals surface area (Å²) in [7, 11) is 0. The second-order valence-electron chi connectivity index (χ2n) is 7.90. The average molecular weight is 422 g/mol. The van der Waals surface area contributed by atoms with Crippen LogP contribution in [0.5, 0.6) is 0 Å². The van der Waals surface area contributed by atoms with Crippen molar-refractivity contribution in [3.63, 3.8) is 0 Å². The van der Waals surface area contributed by atoms with Gasteiger partial charge in [-0.25, -0.2) is 4.98 Å². The molecule has 4 rings (SSSR count). The first-order valence-corrected chi connectivity index (χ1v) is 10.5. The van der Waals surface area contributed by atoms with Gasteiger partial charge in [0.1, 0.15) is 5.82 Å². The number of benzene rings is 1. The summed E-state index contributed by atoms with van der Waals surface area (Å²) in [6.45, 7) is 6.23. The number of hydrogen-bond donors (Lipinski definition) is 1. The minimum absolute atomic E-state index is 0.194. The topological polar surface area (TPSA) is 91.8 Å². The normalized spacial score (nSPS) is 16.5. The number of aryl methyl sites for hydroxylation is 1. The largest absolute Gasteiger partial charge is 0.379 e. The van der Waals surface area contributed by atoms with E-state index in [0.717, 1.165) is 44.0 Å². The fourth-order valence-corrected chi connectivity index (χ4v) is 3.82. The molecule has 1 fully saturated rings. The number of imide groups is 1. The lowest BCUT2D eigenvalue weighted by Gasteiger charge is -2.26. The Hall–Kier alpha value is -3.10. The minimum Gasteiger partial charge on any atom is -0.379 e. The molecule has 2 aliphatic heterocycles. The number of pyridine rings is 1. The lowest BCUT2D eigenvalue weighted by atomic mass is 10.1. The molecule has 2 aromatic rings. The Bertz CT molecular complexity index is 984. The van der Waals surface area contributed by atoms with Gasteiger partial charge in [-0.05, 0) is 37.1 Å². The fraction of sp³-hybridized carbons (Fsp3) is 0.391. The van der Waals surface area contributed by atoms with Gasteiger partial charge in [0.2, 0.25) is 5.91 Å². The van der Waals surface area contributed by atoms with Crippen molar-refractivity contribution < 1.29 is 19.1 Å². The van der Waals surface area contributed by atoms with Crippen LogP contribution in [0.25, 0.3) is 0 Å². The molecule has 1 N–H and O–H groups in total. The average Bonchev–Trinajstić information content (AvgIpc) is 3.00. The summed E-state index contributed by atoms with van der Waals surface area (Å²) in [5.74, 6) is -0.285. The lowest BCUT2D eigenvalue weighted by Crippen LogP contribution is -2.35. The number of carbonyl (C=O) groups excluding carboxylic acids is 3. The molecule has 1 aromatic heterocycles. The zero-order valence-electron chi connectivity index (χ0n) is 17.6. The van der Waals surface area contributed by atoms with E-state index in [-0.39, 0.29) is 30.7 Å². The minimum atomic E-state index is -0.294. The second kappa shape index (κ2) is 9.36. The first-order chi connectivity index (χ1) is 15.0. The van der Waals surface area contributed by atoms with E-state index in [2.05, 4.69) is 15.2 Å². The molecule has 3 amide bonds. The summed E-state index contributed by atoms with van der Waals surface area (Å²) in [6, 6.07) is 8.99. The summed E-state index contributed by atoms with van der Waals surface area (Å²) in [6.07, 6.45) is 2.36. The van der Waals surface area contributed by atoms with Crippen LogP contribution in [-0.4, -0.2) is 65.4 Å². The van der Waals surface area contributed by atoms with Crippen molar-refractivity contribution in [3.05, 3.63) is 58.8 Å². The predicted molar refractivity (Wildman–Crippen MR) is 115 cm³/mol. The van der Waals surface area contributed by atoms with Crippen molar-refractivity contribution in [3.8, 4) is 0 Å². The van der Waals surface area contributed by atoms with Gasteiger partial charge in [-0.1, -0.05) is 17.7 Å². The molecule has 0 unspecified atom stereocenters. The van der Waals surface area contributed by atoms with Crippen LogP contribution in [0, 0.1) is 6.92 Å². The number of nitrogens with one attached hydrogen (secondary N) is 1. The molecule has 8 nitrogen and oxygen atoms in total. The Morgan fingerprint density at radius 2 is 1.87 bits per heavy atom.